The minimum absolute atomic E-state index is 0.173. The van der Waals surface area contributed by atoms with E-state index >= 15 is 0 Å². The van der Waals surface area contributed by atoms with Crippen molar-refractivity contribution in [3.05, 3.63) is 63.9 Å². The molecule has 0 unspecified atom stereocenters. The zero-order chi connectivity index (χ0) is 17.0. The Labute approximate surface area is 140 Å². The van der Waals surface area contributed by atoms with E-state index in [0.29, 0.717) is 10.7 Å². The maximum Gasteiger partial charge on any atom is 0.316 e. The number of carbonyl (C=O) groups excluding carboxylic acids is 3. The summed E-state index contributed by atoms with van der Waals surface area (Å²) in [6.45, 7) is 0. The van der Waals surface area contributed by atoms with Crippen LogP contribution in [0.15, 0.2) is 42.5 Å². The third-order valence-corrected chi connectivity index (χ3v) is 3.29. The molecule has 2 aromatic rings. The number of rotatable bonds is 2. The number of imide groups is 1. The van der Waals surface area contributed by atoms with Gasteiger partial charge in [0, 0.05) is 10.7 Å². The van der Waals surface area contributed by atoms with E-state index in [0.717, 1.165) is 6.07 Å². The summed E-state index contributed by atoms with van der Waals surface area (Å²) in [6.07, 6.45) is 0. The Bertz CT molecular complexity index is 759. The molecule has 23 heavy (non-hydrogen) atoms. The van der Waals surface area contributed by atoms with Gasteiger partial charge in [-0.05, 0) is 36.4 Å². The summed E-state index contributed by atoms with van der Waals surface area (Å²) in [7, 11) is 0. The molecule has 0 atom stereocenters. The summed E-state index contributed by atoms with van der Waals surface area (Å²) in [4.78, 5) is 35.2. The van der Waals surface area contributed by atoms with Gasteiger partial charge in [-0.15, -0.1) is 0 Å². The van der Waals surface area contributed by atoms with Crippen molar-refractivity contribution in [1.82, 2.24) is 5.32 Å². The van der Waals surface area contributed by atoms with Gasteiger partial charge in [0.1, 0.15) is 5.82 Å². The molecule has 8 heteroatoms. The third kappa shape index (κ3) is 4.28. The minimum atomic E-state index is -1.25. The first-order chi connectivity index (χ1) is 10.9. The SMILES string of the molecule is O=C(NC(=O)c1c(F)cccc1Cl)C(=O)Nc1ccc(Cl)cc1. The highest BCUT2D eigenvalue weighted by Gasteiger charge is 2.22. The molecule has 118 valence electrons. The van der Waals surface area contributed by atoms with Crippen molar-refractivity contribution in [3.63, 3.8) is 0 Å². The van der Waals surface area contributed by atoms with Crippen molar-refractivity contribution >= 4 is 46.6 Å². The topological polar surface area (TPSA) is 75.3 Å². The van der Waals surface area contributed by atoms with Gasteiger partial charge in [-0.25, -0.2) is 4.39 Å². The molecule has 2 rings (SSSR count). The summed E-state index contributed by atoms with van der Waals surface area (Å²) in [6, 6.07) is 9.59. The van der Waals surface area contributed by atoms with Crippen LogP contribution in [0.3, 0.4) is 0 Å². The molecule has 0 aliphatic rings. The minimum Gasteiger partial charge on any atom is -0.318 e. The molecule has 2 N–H and O–H groups in total. The first kappa shape index (κ1) is 16.9. The lowest BCUT2D eigenvalue weighted by molar-refractivity contribution is -0.135. The molecule has 0 aromatic heterocycles. The largest absolute Gasteiger partial charge is 0.318 e. The highest BCUT2D eigenvalue weighted by molar-refractivity contribution is 6.43. The Hall–Kier alpha value is -2.44. The first-order valence-electron chi connectivity index (χ1n) is 6.24. The molecular formula is C15H9Cl2FN2O3. The summed E-state index contributed by atoms with van der Waals surface area (Å²) in [5.41, 5.74) is -0.201. The number of nitrogens with one attached hydrogen (secondary N) is 2. The number of benzene rings is 2. The zero-order valence-electron chi connectivity index (χ0n) is 11.4. The molecule has 2 aromatic carbocycles. The molecule has 5 nitrogen and oxygen atoms in total. The highest BCUT2D eigenvalue weighted by Crippen LogP contribution is 2.18. The fraction of sp³-hybridized carbons (Fsp3) is 0. The van der Waals surface area contributed by atoms with Gasteiger partial charge in [0.05, 0.1) is 10.6 Å². The van der Waals surface area contributed by atoms with Gasteiger partial charge < -0.3 is 5.32 Å². The van der Waals surface area contributed by atoms with Gasteiger partial charge >= 0.3 is 11.8 Å². The van der Waals surface area contributed by atoms with Crippen LogP contribution in [-0.4, -0.2) is 17.7 Å². The summed E-state index contributed by atoms with van der Waals surface area (Å²) >= 11 is 11.4. The van der Waals surface area contributed by atoms with Crippen molar-refractivity contribution < 1.29 is 18.8 Å². The van der Waals surface area contributed by atoms with Gasteiger partial charge in [-0.1, -0.05) is 29.3 Å². The molecule has 0 saturated heterocycles. The van der Waals surface area contributed by atoms with E-state index in [1.807, 2.05) is 0 Å². The maximum atomic E-state index is 13.6. The van der Waals surface area contributed by atoms with Crippen LogP contribution in [0.5, 0.6) is 0 Å². The lowest BCUT2D eigenvalue weighted by atomic mass is 10.2. The maximum absolute atomic E-state index is 13.6. The lowest BCUT2D eigenvalue weighted by Gasteiger charge is -2.07. The molecule has 0 saturated carbocycles. The number of carbonyl (C=O) groups is 3. The number of hydrogen-bond donors (Lipinski definition) is 2. The Kier molecular flexibility index (Phi) is 5.31. The van der Waals surface area contributed by atoms with Crippen LogP contribution in [0.2, 0.25) is 10.0 Å². The number of halogens is 3. The fourth-order valence-corrected chi connectivity index (χ4v) is 2.03. The van der Waals surface area contributed by atoms with Crippen LogP contribution in [0.25, 0.3) is 0 Å². The monoisotopic (exact) mass is 354 g/mol. The van der Waals surface area contributed by atoms with Crippen LogP contribution < -0.4 is 10.6 Å². The number of amides is 3. The van der Waals surface area contributed by atoms with Gasteiger partial charge in [0.15, 0.2) is 0 Å². The summed E-state index contributed by atoms with van der Waals surface area (Å²) < 4.78 is 13.6. The fourth-order valence-electron chi connectivity index (χ4n) is 1.66. The highest BCUT2D eigenvalue weighted by atomic mass is 35.5. The summed E-state index contributed by atoms with van der Waals surface area (Å²) in [5.74, 6) is -4.34. The molecular weight excluding hydrogens is 346 g/mol. The van der Waals surface area contributed by atoms with Crippen LogP contribution in [0.1, 0.15) is 10.4 Å². The molecule has 0 spiro atoms. The number of hydrogen-bond acceptors (Lipinski definition) is 3. The van der Waals surface area contributed by atoms with E-state index in [-0.39, 0.29) is 5.02 Å². The van der Waals surface area contributed by atoms with E-state index < -0.39 is 29.1 Å². The Morgan fingerprint density at radius 2 is 1.57 bits per heavy atom. The Morgan fingerprint density at radius 1 is 0.913 bits per heavy atom. The molecule has 0 radical (unpaired) electrons. The molecule has 0 heterocycles. The quantitative estimate of drug-likeness (QED) is 0.814. The third-order valence-electron chi connectivity index (χ3n) is 2.73. The van der Waals surface area contributed by atoms with Crippen LogP contribution in [0.4, 0.5) is 10.1 Å². The molecule has 3 amide bonds. The van der Waals surface area contributed by atoms with Crippen LogP contribution in [-0.2, 0) is 9.59 Å². The lowest BCUT2D eigenvalue weighted by Crippen LogP contribution is -2.39. The first-order valence-corrected chi connectivity index (χ1v) is 7.00. The van der Waals surface area contributed by atoms with Crippen molar-refractivity contribution in [2.24, 2.45) is 0 Å². The standard InChI is InChI=1S/C15H9Cl2FN2O3/c16-8-4-6-9(7-5-8)19-14(22)15(23)20-13(21)12-10(17)2-1-3-11(12)18/h1-7H,(H,19,22)(H,20,21,23). The predicted octanol–water partition coefficient (Wildman–Crippen LogP) is 3.03. The van der Waals surface area contributed by atoms with Gasteiger partial charge in [-0.3, -0.25) is 19.7 Å². The molecule has 0 aliphatic heterocycles. The zero-order valence-corrected chi connectivity index (χ0v) is 12.9. The van der Waals surface area contributed by atoms with Crippen molar-refractivity contribution in [3.8, 4) is 0 Å². The second-order valence-electron chi connectivity index (χ2n) is 4.34. The Morgan fingerprint density at radius 3 is 2.17 bits per heavy atom. The Balaban J connectivity index is 2.05. The predicted molar refractivity (Wildman–Crippen MR) is 84.0 cm³/mol. The van der Waals surface area contributed by atoms with Gasteiger partial charge in [-0.2, -0.15) is 0 Å². The van der Waals surface area contributed by atoms with Crippen molar-refractivity contribution in [1.29, 1.82) is 0 Å². The van der Waals surface area contributed by atoms with E-state index in [2.05, 4.69) is 5.32 Å². The van der Waals surface area contributed by atoms with E-state index in [9.17, 15) is 18.8 Å². The van der Waals surface area contributed by atoms with Crippen molar-refractivity contribution in [2.75, 3.05) is 5.32 Å². The average molecular weight is 355 g/mol. The van der Waals surface area contributed by atoms with Gasteiger partial charge in [0.2, 0.25) is 0 Å². The number of anilines is 1. The van der Waals surface area contributed by atoms with Crippen LogP contribution in [0, 0.1) is 5.82 Å². The molecule has 0 fully saturated rings. The van der Waals surface area contributed by atoms with Crippen LogP contribution >= 0.6 is 23.2 Å². The normalized spacial score (nSPS) is 10.0. The average Bonchev–Trinajstić information content (AvgIpc) is 2.49. The molecule has 0 bridgehead atoms. The van der Waals surface area contributed by atoms with E-state index in [4.69, 9.17) is 23.2 Å². The summed E-state index contributed by atoms with van der Waals surface area (Å²) in [5, 5.41) is 4.32. The van der Waals surface area contributed by atoms with Gasteiger partial charge in [0.25, 0.3) is 5.91 Å². The molecule has 0 aliphatic carbocycles. The van der Waals surface area contributed by atoms with E-state index in [1.54, 1.807) is 5.32 Å². The second-order valence-corrected chi connectivity index (χ2v) is 5.18. The second kappa shape index (κ2) is 7.21. The van der Waals surface area contributed by atoms with E-state index in [1.165, 1.54) is 36.4 Å². The van der Waals surface area contributed by atoms with Crippen molar-refractivity contribution in [2.45, 2.75) is 0 Å². The smallest absolute Gasteiger partial charge is 0.316 e.